The largest absolute Gasteiger partial charge is 0.388 e. The second-order valence-electron chi connectivity index (χ2n) is 5.37. The summed E-state index contributed by atoms with van der Waals surface area (Å²) in [4.78, 5) is 0. The first-order valence-corrected chi connectivity index (χ1v) is 7.09. The van der Waals surface area contributed by atoms with E-state index in [2.05, 4.69) is 41.7 Å². The fourth-order valence-electron chi connectivity index (χ4n) is 3.24. The molecule has 0 spiro atoms. The van der Waals surface area contributed by atoms with Gasteiger partial charge in [-0.15, -0.1) is 0 Å². The van der Waals surface area contributed by atoms with Crippen molar-refractivity contribution in [2.24, 2.45) is 0 Å². The van der Waals surface area contributed by atoms with Crippen LogP contribution in [0.2, 0.25) is 0 Å². The van der Waals surface area contributed by atoms with Crippen molar-refractivity contribution in [3.05, 3.63) is 42.0 Å². The lowest BCUT2D eigenvalue weighted by Crippen LogP contribution is -2.05. The first-order chi connectivity index (χ1) is 8.88. The van der Waals surface area contributed by atoms with Gasteiger partial charge >= 0.3 is 0 Å². The maximum atomic E-state index is 3.30. The third-order valence-electron chi connectivity index (χ3n) is 4.23. The molecule has 0 aromatic heterocycles. The predicted octanol–water partition coefficient (Wildman–Crippen LogP) is 4.93. The molecule has 1 fully saturated rings. The minimum atomic E-state index is 0.761. The Hall–Kier alpha value is -1.50. The molecule has 2 aromatic carbocycles. The van der Waals surface area contributed by atoms with Gasteiger partial charge in [-0.05, 0) is 47.2 Å². The monoisotopic (exact) mass is 239 g/mol. The Bertz CT molecular complexity index is 538. The molecule has 1 N–H and O–H groups in total. The topological polar surface area (TPSA) is 12.0 Å². The van der Waals surface area contributed by atoms with E-state index < -0.39 is 0 Å². The van der Waals surface area contributed by atoms with E-state index >= 15 is 0 Å². The summed E-state index contributed by atoms with van der Waals surface area (Å²) in [5, 5.41) is 6.11. The highest BCUT2D eigenvalue weighted by Crippen LogP contribution is 2.37. The summed E-state index contributed by atoms with van der Waals surface area (Å²) in [6.45, 7) is 0. The van der Waals surface area contributed by atoms with Crippen LogP contribution in [0.4, 0.5) is 5.69 Å². The minimum absolute atomic E-state index is 0.761. The van der Waals surface area contributed by atoms with Crippen molar-refractivity contribution in [1.29, 1.82) is 0 Å². The van der Waals surface area contributed by atoms with Gasteiger partial charge in [0.2, 0.25) is 0 Å². The summed E-state index contributed by atoms with van der Waals surface area (Å²) in [5.74, 6) is 0.761. The van der Waals surface area contributed by atoms with E-state index in [4.69, 9.17) is 0 Å². The normalized spacial score (nSPS) is 16.9. The fourth-order valence-corrected chi connectivity index (χ4v) is 3.24. The van der Waals surface area contributed by atoms with Crippen LogP contribution in [0.5, 0.6) is 0 Å². The van der Waals surface area contributed by atoms with E-state index in [-0.39, 0.29) is 0 Å². The highest BCUT2D eigenvalue weighted by molar-refractivity contribution is 5.89. The smallest absolute Gasteiger partial charge is 0.0346 e. The summed E-state index contributed by atoms with van der Waals surface area (Å²) in [7, 11) is 2.01. The molecule has 1 aliphatic rings. The van der Waals surface area contributed by atoms with Crippen molar-refractivity contribution in [2.45, 2.75) is 38.0 Å². The maximum absolute atomic E-state index is 3.30. The van der Waals surface area contributed by atoms with Gasteiger partial charge in [0.25, 0.3) is 0 Å². The number of nitrogens with one attached hydrogen (secondary N) is 1. The van der Waals surface area contributed by atoms with Crippen LogP contribution in [-0.4, -0.2) is 7.05 Å². The number of rotatable bonds is 2. The molecule has 0 bridgehead atoms. The first kappa shape index (κ1) is 11.6. The number of hydrogen-bond acceptors (Lipinski definition) is 1. The van der Waals surface area contributed by atoms with Crippen molar-refractivity contribution in [3.8, 4) is 0 Å². The lowest BCUT2D eigenvalue weighted by atomic mass is 9.82. The lowest BCUT2D eigenvalue weighted by Gasteiger charge is -2.24. The number of benzene rings is 2. The van der Waals surface area contributed by atoms with Crippen molar-refractivity contribution in [1.82, 2.24) is 0 Å². The van der Waals surface area contributed by atoms with E-state index in [0.29, 0.717) is 0 Å². The van der Waals surface area contributed by atoms with Crippen molar-refractivity contribution >= 4 is 16.5 Å². The Kier molecular flexibility index (Phi) is 3.22. The van der Waals surface area contributed by atoms with Gasteiger partial charge < -0.3 is 5.32 Å². The van der Waals surface area contributed by atoms with Crippen LogP contribution >= 0.6 is 0 Å². The van der Waals surface area contributed by atoms with Crippen LogP contribution in [-0.2, 0) is 0 Å². The standard InChI is InChI=1S/C17H21N/c1-18-15-11-14-9-5-6-10-16(14)17(12-15)13-7-3-2-4-8-13/h5-6,9-13,18H,2-4,7-8H2,1H3. The molecule has 18 heavy (non-hydrogen) atoms. The molecule has 0 saturated heterocycles. The average Bonchev–Trinajstić information content (AvgIpc) is 2.47. The van der Waals surface area contributed by atoms with Crippen molar-refractivity contribution < 1.29 is 0 Å². The Morgan fingerprint density at radius 1 is 1.00 bits per heavy atom. The van der Waals surface area contributed by atoms with E-state index in [0.717, 1.165) is 5.92 Å². The third-order valence-corrected chi connectivity index (χ3v) is 4.23. The van der Waals surface area contributed by atoms with Crippen LogP contribution < -0.4 is 5.32 Å². The van der Waals surface area contributed by atoms with Gasteiger partial charge in [-0.3, -0.25) is 0 Å². The van der Waals surface area contributed by atoms with Crippen LogP contribution in [0, 0.1) is 0 Å². The zero-order chi connectivity index (χ0) is 12.4. The van der Waals surface area contributed by atoms with Gasteiger partial charge in [-0.25, -0.2) is 0 Å². The molecular formula is C17H21N. The molecule has 0 atom stereocenters. The van der Waals surface area contributed by atoms with Crippen LogP contribution in [0.25, 0.3) is 10.8 Å². The van der Waals surface area contributed by atoms with Crippen molar-refractivity contribution in [2.75, 3.05) is 12.4 Å². The zero-order valence-electron chi connectivity index (χ0n) is 11.1. The molecule has 0 heterocycles. The Morgan fingerprint density at radius 3 is 2.56 bits per heavy atom. The van der Waals surface area contributed by atoms with E-state index in [1.807, 2.05) is 7.05 Å². The lowest BCUT2D eigenvalue weighted by molar-refractivity contribution is 0.445. The second kappa shape index (κ2) is 5.01. The predicted molar refractivity (Wildman–Crippen MR) is 79.3 cm³/mol. The zero-order valence-corrected chi connectivity index (χ0v) is 11.1. The molecule has 0 radical (unpaired) electrons. The van der Waals surface area contributed by atoms with Crippen LogP contribution in [0.3, 0.4) is 0 Å². The molecule has 0 unspecified atom stereocenters. The summed E-state index contributed by atoms with van der Waals surface area (Å²) >= 11 is 0. The third kappa shape index (κ3) is 2.10. The van der Waals surface area contributed by atoms with E-state index in [9.17, 15) is 0 Å². The molecule has 3 rings (SSSR count). The highest BCUT2D eigenvalue weighted by Gasteiger charge is 2.18. The maximum Gasteiger partial charge on any atom is 0.0346 e. The summed E-state index contributed by atoms with van der Waals surface area (Å²) < 4.78 is 0. The summed E-state index contributed by atoms with van der Waals surface area (Å²) in [6.07, 6.45) is 6.92. The number of hydrogen-bond donors (Lipinski definition) is 1. The molecule has 1 saturated carbocycles. The second-order valence-corrected chi connectivity index (χ2v) is 5.37. The Morgan fingerprint density at radius 2 is 1.78 bits per heavy atom. The molecule has 0 amide bonds. The molecule has 2 aromatic rings. The molecule has 1 heteroatoms. The summed E-state index contributed by atoms with van der Waals surface area (Å²) in [5.41, 5.74) is 2.80. The van der Waals surface area contributed by atoms with Gasteiger partial charge in [-0.2, -0.15) is 0 Å². The summed E-state index contributed by atoms with van der Waals surface area (Å²) in [6, 6.07) is 13.4. The van der Waals surface area contributed by atoms with Crippen LogP contribution in [0.15, 0.2) is 36.4 Å². The average molecular weight is 239 g/mol. The molecule has 1 nitrogen and oxygen atoms in total. The molecule has 1 aliphatic carbocycles. The van der Waals surface area contributed by atoms with Gasteiger partial charge in [0.05, 0.1) is 0 Å². The van der Waals surface area contributed by atoms with Gasteiger partial charge in [0.1, 0.15) is 0 Å². The molecule has 0 aliphatic heterocycles. The van der Waals surface area contributed by atoms with Crippen LogP contribution in [0.1, 0.15) is 43.6 Å². The van der Waals surface area contributed by atoms with E-state index in [1.54, 1.807) is 5.56 Å². The van der Waals surface area contributed by atoms with E-state index in [1.165, 1.54) is 48.6 Å². The highest BCUT2D eigenvalue weighted by atomic mass is 14.8. The molecular weight excluding hydrogens is 218 g/mol. The van der Waals surface area contributed by atoms with Crippen molar-refractivity contribution in [3.63, 3.8) is 0 Å². The first-order valence-electron chi connectivity index (χ1n) is 7.09. The molecule has 94 valence electrons. The van der Waals surface area contributed by atoms with Gasteiger partial charge in [0, 0.05) is 12.7 Å². The van der Waals surface area contributed by atoms with Gasteiger partial charge in [0.15, 0.2) is 0 Å². The SMILES string of the molecule is CNc1cc(C2CCCCC2)c2ccccc2c1. The number of anilines is 1. The fraction of sp³-hybridized carbons (Fsp3) is 0.412. The Labute approximate surface area is 109 Å². The van der Waals surface area contributed by atoms with Gasteiger partial charge in [-0.1, -0.05) is 43.5 Å². The Balaban J connectivity index is 2.12. The minimum Gasteiger partial charge on any atom is -0.388 e. The quantitative estimate of drug-likeness (QED) is 0.783. The number of fused-ring (bicyclic) bond motifs is 1.